The Balaban J connectivity index is 1.46. The quantitative estimate of drug-likeness (QED) is 0.296. The third kappa shape index (κ3) is 5.31. The molecule has 39 heavy (non-hydrogen) atoms. The summed E-state index contributed by atoms with van der Waals surface area (Å²) >= 11 is 6.06. The molecule has 1 fully saturated rings. The Morgan fingerprint density at radius 1 is 1.03 bits per heavy atom. The molecular weight excluding hydrogens is 542 g/mol. The summed E-state index contributed by atoms with van der Waals surface area (Å²) < 4.78 is 34.3. The van der Waals surface area contributed by atoms with Gasteiger partial charge >= 0.3 is 12.1 Å². The number of ether oxygens (including phenoxy) is 1. The maximum atomic E-state index is 13.2. The van der Waals surface area contributed by atoms with Gasteiger partial charge in [-0.05, 0) is 48.4 Å². The van der Waals surface area contributed by atoms with Gasteiger partial charge in [0.15, 0.2) is 0 Å². The lowest BCUT2D eigenvalue weighted by Gasteiger charge is -2.22. The highest BCUT2D eigenvalue weighted by atomic mass is 35.5. The van der Waals surface area contributed by atoms with Crippen molar-refractivity contribution >= 4 is 39.4 Å². The molecule has 12 heteroatoms. The fourth-order valence-electron chi connectivity index (χ4n) is 4.58. The molecule has 3 aromatic carbocycles. The van der Waals surface area contributed by atoms with Crippen molar-refractivity contribution in [1.29, 1.82) is 0 Å². The number of halogens is 1. The van der Waals surface area contributed by atoms with E-state index in [0.29, 0.717) is 17.9 Å². The standard InChI is InChI=1S/C27H24ClN5O5S/c1-38-26(35)30-19-11-13-20(14-12-19)33-16-15-29-24(33)27(17-21(27)18-7-3-2-4-8-18)31-25(34)32-39(36,37)23-10-6-5-9-22(23)28/h2-16,21H,17H2,1H3,(H,30,35)(H2,31,32,34)/t21?,27-/m1/s1. The number of imidazole rings is 1. The number of methoxy groups -OCH3 is 1. The average molecular weight is 566 g/mol. The fraction of sp³-hybridized carbons (Fsp3) is 0.148. The van der Waals surface area contributed by atoms with E-state index in [2.05, 4.69) is 25.1 Å². The van der Waals surface area contributed by atoms with E-state index in [0.717, 1.165) is 11.3 Å². The van der Waals surface area contributed by atoms with Crippen molar-refractivity contribution in [2.24, 2.45) is 0 Å². The number of amides is 3. The van der Waals surface area contributed by atoms with Crippen LogP contribution in [0.3, 0.4) is 0 Å². The molecule has 0 radical (unpaired) electrons. The van der Waals surface area contributed by atoms with Gasteiger partial charge in [-0.3, -0.25) is 5.32 Å². The van der Waals surface area contributed by atoms with Crippen molar-refractivity contribution in [2.45, 2.75) is 22.8 Å². The molecule has 0 saturated heterocycles. The van der Waals surface area contributed by atoms with E-state index in [1.54, 1.807) is 42.7 Å². The molecule has 1 aromatic heterocycles. The van der Waals surface area contributed by atoms with Crippen molar-refractivity contribution in [3.05, 3.63) is 108 Å². The number of nitrogens with one attached hydrogen (secondary N) is 3. The average Bonchev–Trinajstić information content (AvgIpc) is 3.41. The van der Waals surface area contributed by atoms with Crippen LogP contribution in [0.2, 0.25) is 5.02 Å². The van der Waals surface area contributed by atoms with E-state index >= 15 is 0 Å². The van der Waals surface area contributed by atoms with E-state index in [1.165, 1.54) is 25.3 Å². The van der Waals surface area contributed by atoms with Gasteiger partial charge < -0.3 is 14.6 Å². The molecule has 2 atom stereocenters. The number of benzene rings is 3. The molecule has 1 aliphatic carbocycles. The number of nitrogens with zero attached hydrogens (tertiary/aromatic N) is 2. The number of rotatable bonds is 7. The van der Waals surface area contributed by atoms with Gasteiger partial charge in [-0.2, -0.15) is 0 Å². The van der Waals surface area contributed by atoms with Gasteiger partial charge in [-0.25, -0.2) is 27.7 Å². The van der Waals surface area contributed by atoms with Gasteiger partial charge in [-0.1, -0.05) is 54.1 Å². The molecule has 0 aliphatic heterocycles. The Morgan fingerprint density at radius 3 is 2.41 bits per heavy atom. The molecule has 1 aliphatic rings. The van der Waals surface area contributed by atoms with E-state index in [1.807, 2.05) is 34.9 Å². The van der Waals surface area contributed by atoms with E-state index in [-0.39, 0.29) is 15.8 Å². The highest BCUT2D eigenvalue weighted by molar-refractivity contribution is 7.90. The predicted molar refractivity (Wildman–Crippen MR) is 145 cm³/mol. The van der Waals surface area contributed by atoms with Crippen LogP contribution in [0.1, 0.15) is 23.7 Å². The first-order valence-corrected chi connectivity index (χ1v) is 13.7. The predicted octanol–water partition coefficient (Wildman–Crippen LogP) is 4.77. The summed E-state index contributed by atoms with van der Waals surface area (Å²) in [5.74, 6) is 0.365. The zero-order valence-electron chi connectivity index (χ0n) is 20.7. The first kappa shape index (κ1) is 26.3. The van der Waals surface area contributed by atoms with Crippen LogP contribution in [-0.4, -0.2) is 37.2 Å². The summed E-state index contributed by atoms with van der Waals surface area (Å²) in [6, 6.07) is 21.6. The topological polar surface area (TPSA) is 131 Å². The maximum absolute atomic E-state index is 13.2. The number of hydrogen-bond donors (Lipinski definition) is 3. The van der Waals surface area contributed by atoms with Crippen LogP contribution in [0.4, 0.5) is 15.3 Å². The monoisotopic (exact) mass is 565 g/mol. The summed E-state index contributed by atoms with van der Waals surface area (Å²) in [4.78, 5) is 29.1. The largest absolute Gasteiger partial charge is 0.453 e. The van der Waals surface area contributed by atoms with Gasteiger partial charge in [0.1, 0.15) is 16.3 Å². The van der Waals surface area contributed by atoms with Gasteiger partial charge in [0.05, 0.1) is 12.1 Å². The van der Waals surface area contributed by atoms with Crippen LogP contribution in [0, 0.1) is 0 Å². The highest BCUT2D eigenvalue weighted by Crippen LogP contribution is 2.58. The van der Waals surface area contributed by atoms with E-state index < -0.39 is 27.7 Å². The third-order valence-corrected chi connectivity index (χ3v) is 8.30. The second-order valence-corrected chi connectivity index (χ2v) is 11.0. The molecule has 1 saturated carbocycles. The first-order valence-electron chi connectivity index (χ1n) is 11.9. The van der Waals surface area contributed by atoms with E-state index in [9.17, 15) is 18.0 Å². The van der Waals surface area contributed by atoms with Crippen molar-refractivity contribution in [3.8, 4) is 5.69 Å². The minimum absolute atomic E-state index is 0.00164. The lowest BCUT2D eigenvalue weighted by atomic mass is 10.1. The SMILES string of the molecule is COC(=O)Nc1ccc(-n2ccnc2[C@@]2(NC(=O)NS(=O)(=O)c3ccccc3Cl)CC2c2ccccc2)cc1. The van der Waals surface area contributed by atoms with Crippen molar-refractivity contribution in [2.75, 3.05) is 12.4 Å². The smallest absolute Gasteiger partial charge is 0.411 e. The van der Waals surface area contributed by atoms with Gasteiger partial charge in [0.25, 0.3) is 10.0 Å². The zero-order chi connectivity index (χ0) is 27.6. The number of urea groups is 1. The van der Waals surface area contributed by atoms with Gasteiger partial charge in [0.2, 0.25) is 0 Å². The number of carbonyl (C=O) groups is 2. The molecular formula is C27H24ClN5O5S. The molecule has 5 rings (SSSR count). The summed E-state index contributed by atoms with van der Waals surface area (Å²) in [6.45, 7) is 0. The molecule has 1 unspecified atom stereocenters. The molecule has 200 valence electrons. The second kappa shape index (κ2) is 10.4. The Morgan fingerprint density at radius 2 is 1.72 bits per heavy atom. The minimum Gasteiger partial charge on any atom is -0.453 e. The van der Waals surface area contributed by atoms with Crippen LogP contribution in [0.25, 0.3) is 5.69 Å². The van der Waals surface area contributed by atoms with Crippen LogP contribution in [0.5, 0.6) is 0 Å². The molecule has 3 N–H and O–H groups in total. The Labute approximate surface area is 230 Å². The fourth-order valence-corrected chi connectivity index (χ4v) is 6.00. The van der Waals surface area contributed by atoms with Crippen LogP contribution >= 0.6 is 11.6 Å². The highest BCUT2D eigenvalue weighted by Gasteiger charge is 2.60. The van der Waals surface area contributed by atoms with Crippen molar-refractivity contribution in [3.63, 3.8) is 0 Å². The zero-order valence-corrected chi connectivity index (χ0v) is 22.2. The van der Waals surface area contributed by atoms with E-state index in [4.69, 9.17) is 11.6 Å². The minimum atomic E-state index is -4.23. The normalized spacial score (nSPS) is 18.2. The number of hydrogen-bond acceptors (Lipinski definition) is 6. The lowest BCUT2D eigenvalue weighted by molar-refractivity contribution is 0.187. The summed E-state index contributed by atoms with van der Waals surface area (Å²) in [5, 5.41) is 5.49. The van der Waals surface area contributed by atoms with Gasteiger partial charge in [0, 0.05) is 29.7 Å². The molecule has 0 bridgehead atoms. The summed E-state index contributed by atoms with van der Waals surface area (Å²) in [7, 11) is -2.95. The number of carbonyl (C=O) groups excluding carboxylic acids is 2. The third-order valence-electron chi connectivity index (χ3n) is 6.47. The van der Waals surface area contributed by atoms with Crippen LogP contribution in [-0.2, 0) is 20.3 Å². The summed E-state index contributed by atoms with van der Waals surface area (Å²) in [6.07, 6.45) is 3.27. The number of anilines is 1. The first-order chi connectivity index (χ1) is 18.7. The molecule has 0 spiro atoms. The number of aromatic nitrogens is 2. The number of sulfonamides is 1. The van der Waals surface area contributed by atoms with Crippen molar-refractivity contribution in [1.82, 2.24) is 19.6 Å². The summed E-state index contributed by atoms with van der Waals surface area (Å²) in [5.41, 5.74) is 1.24. The van der Waals surface area contributed by atoms with Crippen LogP contribution in [0.15, 0.2) is 96.2 Å². The second-order valence-electron chi connectivity index (χ2n) is 8.91. The molecule has 3 amide bonds. The van der Waals surface area contributed by atoms with Gasteiger partial charge in [-0.15, -0.1) is 0 Å². The lowest BCUT2D eigenvalue weighted by Crippen LogP contribution is -2.46. The molecule has 1 heterocycles. The molecule has 4 aromatic rings. The Bertz CT molecular complexity index is 1630. The molecule has 10 nitrogen and oxygen atoms in total. The van der Waals surface area contributed by atoms with Crippen LogP contribution < -0.4 is 15.4 Å². The van der Waals surface area contributed by atoms with Crippen molar-refractivity contribution < 1.29 is 22.7 Å². The maximum Gasteiger partial charge on any atom is 0.411 e. The Kier molecular flexibility index (Phi) is 7.02. The Hall–Kier alpha value is -4.35.